The molecule has 8 heteroatoms. The molecule has 0 aliphatic heterocycles. The van der Waals surface area contributed by atoms with Crippen LogP contribution in [0.1, 0.15) is 5.56 Å². The summed E-state index contributed by atoms with van der Waals surface area (Å²) in [5, 5.41) is 5.55. The summed E-state index contributed by atoms with van der Waals surface area (Å²) in [6.45, 7) is 2.76. The fourth-order valence-corrected chi connectivity index (χ4v) is 3.48. The molecule has 3 amide bonds. The van der Waals surface area contributed by atoms with Crippen LogP contribution < -0.4 is 10.6 Å². The smallest absolute Gasteiger partial charge is 0.321 e. The van der Waals surface area contributed by atoms with Gasteiger partial charge in [-0.15, -0.1) is 0 Å². The first kappa shape index (κ1) is 19.9. The van der Waals surface area contributed by atoms with E-state index in [1.54, 1.807) is 7.11 Å². The Bertz CT molecular complexity index is 969. The Balaban J connectivity index is 1.74. The van der Waals surface area contributed by atoms with Crippen LogP contribution in [0.4, 0.5) is 4.79 Å². The highest BCUT2D eigenvalue weighted by molar-refractivity contribution is 7.99. The number of rotatable bonds is 7. The molecule has 0 radical (unpaired) electrons. The maximum atomic E-state index is 12.1. The molecule has 146 valence electrons. The van der Waals surface area contributed by atoms with Crippen molar-refractivity contribution < 1.29 is 14.3 Å². The Morgan fingerprint density at radius 2 is 1.89 bits per heavy atom. The van der Waals surface area contributed by atoms with Gasteiger partial charge in [-0.1, -0.05) is 41.6 Å². The number of para-hydroxylation sites is 2. The summed E-state index contributed by atoms with van der Waals surface area (Å²) >= 11 is 1.29. The zero-order valence-electron chi connectivity index (χ0n) is 15.8. The van der Waals surface area contributed by atoms with Crippen LogP contribution in [-0.2, 0) is 9.53 Å². The van der Waals surface area contributed by atoms with Crippen molar-refractivity contribution in [1.82, 2.24) is 20.2 Å². The summed E-state index contributed by atoms with van der Waals surface area (Å²) in [5.41, 5.74) is 3.95. The quantitative estimate of drug-likeness (QED) is 0.472. The predicted octanol–water partition coefficient (Wildman–Crippen LogP) is 2.90. The molecule has 28 heavy (non-hydrogen) atoms. The number of thioether (sulfide) groups is 1. The minimum atomic E-state index is -0.533. The van der Waals surface area contributed by atoms with Gasteiger partial charge in [0.1, 0.15) is 0 Å². The second-order valence-corrected chi connectivity index (χ2v) is 7.08. The first-order chi connectivity index (χ1) is 13.6. The van der Waals surface area contributed by atoms with Gasteiger partial charge < -0.3 is 10.1 Å². The standard InChI is InChI=1S/C20H22N4O3S/c1-14-7-9-15(10-8-14)24-17-6-4-3-5-16(17)22-20(24)28-13-18(25)23-19(26)21-11-12-27-2/h3-10H,11-13H2,1-2H3,(H2,21,23,25,26). The molecule has 1 heterocycles. The van der Waals surface area contributed by atoms with E-state index in [-0.39, 0.29) is 11.7 Å². The van der Waals surface area contributed by atoms with E-state index in [9.17, 15) is 9.59 Å². The van der Waals surface area contributed by atoms with Gasteiger partial charge >= 0.3 is 6.03 Å². The van der Waals surface area contributed by atoms with Gasteiger partial charge in [-0.05, 0) is 31.2 Å². The van der Waals surface area contributed by atoms with E-state index in [1.165, 1.54) is 17.3 Å². The molecule has 0 unspecified atom stereocenters. The van der Waals surface area contributed by atoms with Gasteiger partial charge in [0.25, 0.3) is 0 Å². The topological polar surface area (TPSA) is 85.2 Å². The molecule has 0 fully saturated rings. The second kappa shape index (κ2) is 9.38. The molecule has 0 aliphatic rings. The van der Waals surface area contributed by atoms with Gasteiger partial charge in [-0.2, -0.15) is 0 Å². The second-order valence-electron chi connectivity index (χ2n) is 6.14. The predicted molar refractivity (Wildman–Crippen MR) is 110 cm³/mol. The van der Waals surface area contributed by atoms with Crippen molar-refractivity contribution in [2.75, 3.05) is 26.0 Å². The number of benzene rings is 2. The number of ether oxygens (including phenoxy) is 1. The number of fused-ring (bicyclic) bond motifs is 1. The number of amides is 3. The van der Waals surface area contributed by atoms with Crippen molar-refractivity contribution in [2.45, 2.75) is 12.1 Å². The number of aromatic nitrogens is 2. The first-order valence-corrected chi connectivity index (χ1v) is 9.81. The summed E-state index contributed by atoms with van der Waals surface area (Å²) in [4.78, 5) is 28.4. The van der Waals surface area contributed by atoms with E-state index in [0.717, 1.165) is 16.7 Å². The number of urea groups is 1. The van der Waals surface area contributed by atoms with Crippen LogP contribution >= 0.6 is 11.8 Å². The fraction of sp³-hybridized carbons (Fsp3) is 0.250. The maximum absolute atomic E-state index is 12.1. The van der Waals surface area contributed by atoms with E-state index in [2.05, 4.69) is 15.6 Å². The van der Waals surface area contributed by atoms with Crippen molar-refractivity contribution in [3.8, 4) is 5.69 Å². The number of imide groups is 1. The van der Waals surface area contributed by atoms with Crippen molar-refractivity contribution in [3.63, 3.8) is 0 Å². The fourth-order valence-electron chi connectivity index (χ4n) is 2.65. The largest absolute Gasteiger partial charge is 0.383 e. The monoisotopic (exact) mass is 398 g/mol. The van der Waals surface area contributed by atoms with Gasteiger partial charge in [0.2, 0.25) is 5.91 Å². The Labute approximate surface area is 167 Å². The normalized spacial score (nSPS) is 10.8. The number of nitrogens with one attached hydrogen (secondary N) is 2. The first-order valence-electron chi connectivity index (χ1n) is 8.82. The van der Waals surface area contributed by atoms with E-state index in [0.29, 0.717) is 18.3 Å². The molecular weight excluding hydrogens is 376 g/mol. The SMILES string of the molecule is COCCNC(=O)NC(=O)CSc1nc2ccccc2n1-c1ccc(C)cc1. The summed E-state index contributed by atoms with van der Waals surface area (Å²) in [7, 11) is 1.54. The third-order valence-corrected chi connectivity index (χ3v) is 4.94. The van der Waals surface area contributed by atoms with Crippen molar-refractivity contribution in [3.05, 3.63) is 54.1 Å². The molecule has 0 saturated heterocycles. The molecule has 2 N–H and O–H groups in total. The molecule has 0 spiro atoms. The lowest BCUT2D eigenvalue weighted by Crippen LogP contribution is -2.41. The van der Waals surface area contributed by atoms with Gasteiger partial charge in [0.05, 0.1) is 23.4 Å². The molecule has 3 aromatic rings. The number of imidazole rings is 1. The average molecular weight is 398 g/mol. The molecule has 0 atom stereocenters. The van der Waals surface area contributed by atoms with Crippen LogP contribution in [0, 0.1) is 6.92 Å². The molecular formula is C20H22N4O3S. The number of carbonyl (C=O) groups excluding carboxylic acids is 2. The van der Waals surface area contributed by atoms with Crippen LogP contribution in [0.3, 0.4) is 0 Å². The van der Waals surface area contributed by atoms with E-state index in [1.807, 2.05) is 60.0 Å². The van der Waals surface area contributed by atoms with Crippen molar-refractivity contribution in [1.29, 1.82) is 0 Å². The number of hydrogen-bond acceptors (Lipinski definition) is 5. The number of carbonyl (C=O) groups is 2. The number of hydrogen-bond donors (Lipinski definition) is 2. The molecule has 1 aromatic heterocycles. The molecule has 7 nitrogen and oxygen atoms in total. The van der Waals surface area contributed by atoms with Crippen LogP contribution in [0.15, 0.2) is 53.7 Å². The number of nitrogens with zero attached hydrogens (tertiary/aromatic N) is 2. The van der Waals surface area contributed by atoms with E-state index in [4.69, 9.17) is 4.74 Å². The number of methoxy groups -OCH3 is 1. The summed E-state index contributed by atoms with van der Waals surface area (Å²) in [6, 6.07) is 15.4. The van der Waals surface area contributed by atoms with Gasteiger partial charge in [0.15, 0.2) is 5.16 Å². The summed E-state index contributed by atoms with van der Waals surface area (Å²) in [6.07, 6.45) is 0. The molecule has 0 aliphatic carbocycles. The Morgan fingerprint density at radius 3 is 2.64 bits per heavy atom. The van der Waals surface area contributed by atoms with Crippen molar-refractivity contribution >= 4 is 34.7 Å². The Kier molecular flexibility index (Phi) is 6.67. The highest BCUT2D eigenvalue weighted by Crippen LogP contribution is 2.28. The third kappa shape index (κ3) is 4.90. The van der Waals surface area contributed by atoms with Crippen LogP contribution in [0.5, 0.6) is 0 Å². The van der Waals surface area contributed by atoms with Gasteiger partial charge in [-0.25, -0.2) is 9.78 Å². The zero-order chi connectivity index (χ0) is 19.9. The minimum absolute atomic E-state index is 0.0763. The molecule has 0 saturated carbocycles. The highest BCUT2D eigenvalue weighted by Gasteiger charge is 2.15. The van der Waals surface area contributed by atoms with Gasteiger partial charge in [0, 0.05) is 19.3 Å². The van der Waals surface area contributed by atoms with Gasteiger partial charge in [-0.3, -0.25) is 14.7 Å². The summed E-state index contributed by atoms with van der Waals surface area (Å²) < 4.78 is 6.87. The minimum Gasteiger partial charge on any atom is -0.383 e. The van der Waals surface area contributed by atoms with E-state index >= 15 is 0 Å². The molecule has 0 bridgehead atoms. The van der Waals surface area contributed by atoms with Crippen LogP contribution in [-0.4, -0.2) is 47.5 Å². The number of aryl methyl sites for hydroxylation is 1. The van der Waals surface area contributed by atoms with Crippen LogP contribution in [0.2, 0.25) is 0 Å². The lowest BCUT2D eigenvalue weighted by molar-refractivity contribution is -0.117. The highest BCUT2D eigenvalue weighted by atomic mass is 32.2. The maximum Gasteiger partial charge on any atom is 0.321 e. The Hall–Kier alpha value is -2.84. The third-order valence-electron chi connectivity index (χ3n) is 4.00. The average Bonchev–Trinajstić information content (AvgIpc) is 3.06. The molecule has 3 rings (SSSR count). The molecule has 2 aromatic carbocycles. The lowest BCUT2D eigenvalue weighted by atomic mass is 10.2. The van der Waals surface area contributed by atoms with E-state index < -0.39 is 6.03 Å². The van der Waals surface area contributed by atoms with Crippen molar-refractivity contribution in [2.24, 2.45) is 0 Å². The zero-order valence-corrected chi connectivity index (χ0v) is 16.6. The lowest BCUT2D eigenvalue weighted by Gasteiger charge is -2.10. The Morgan fingerprint density at radius 1 is 1.14 bits per heavy atom. The van der Waals surface area contributed by atoms with Crippen LogP contribution in [0.25, 0.3) is 16.7 Å². The summed E-state index contributed by atoms with van der Waals surface area (Å²) in [5.74, 6) is -0.310.